The summed E-state index contributed by atoms with van der Waals surface area (Å²) in [5.41, 5.74) is 7.09. The van der Waals surface area contributed by atoms with Gasteiger partial charge >= 0.3 is 0 Å². The van der Waals surface area contributed by atoms with E-state index in [1.807, 2.05) is 6.07 Å². The lowest BCUT2D eigenvalue weighted by Gasteiger charge is -2.39. The second kappa shape index (κ2) is 6.71. The number of hydrogen-bond acceptors (Lipinski definition) is 4. The van der Waals surface area contributed by atoms with E-state index in [9.17, 15) is 10.1 Å². The van der Waals surface area contributed by atoms with Crippen LogP contribution < -0.4 is 10.6 Å². The highest BCUT2D eigenvalue weighted by molar-refractivity contribution is 14.1. The van der Waals surface area contributed by atoms with Crippen molar-refractivity contribution in [2.75, 3.05) is 18.5 Å². The predicted molar refractivity (Wildman–Crippen MR) is 89.0 cm³/mol. The summed E-state index contributed by atoms with van der Waals surface area (Å²) in [6, 6.07) is 5.49. The van der Waals surface area contributed by atoms with Crippen LogP contribution in [0.15, 0.2) is 18.2 Å². The monoisotopic (exact) mass is 389 g/mol. The molecule has 20 heavy (non-hydrogen) atoms. The van der Waals surface area contributed by atoms with Gasteiger partial charge in [-0.2, -0.15) is 0 Å². The van der Waals surface area contributed by atoms with Gasteiger partial charge in [0.25, 0.3) is 5.69 Å². The number of rotatable bonds is 4. The molecule has 0 aliphatic heterocycles. The van der Waals surface area contributed by atoms with E-state index in [4.69, 9.17) is 5.73 Å². The second-order valence-electron chi connectivity index (χ2n) is 5.35. The molecule has 0 saturated heterocycles. The Morgan fingerprint density at radius 2 is 2.15 bits per heavy atom. The van der Waals surface area contributed by atoms with E-state index in [2.05, 4.69) is 34.5 Å². The Morgan fingerprint density at radius 1 is 1.45 bits per heavy atom. The van der Waals surface area contributed by atoms with Crippen molar-refractivity contribution in [2.45, 2.75) is 31.7 Å². The number of anilines is 1. The molecule has 5 nitrogen and oxygen atoms in total. The van der Waals surface area contributed by atoms with E-state index >= 15 is 0 Å². The number of benzene rings is 1. The maximum atomic E-state index is 10.8. The minimum absolute atomic E-state index is 0.144. The highest BCUT2D eigenvalue weighted by atomic mass is 127. The fourth-order valence-electron chi connectivity index (χ4n) is 3.05. The Bertz CT molecular complexity index is 495. The molecule has 2 N–H and O–H groups in total. The van der Waals surface area contributed by atoms with Gasteiger partial charge in [-0.1, -0.05) is 12.8 Å². The van der Waals surface area contributed by atoms with E-state index in [-0.39, 0.29) is 10.6 Å². The van der Waals surface area contributed by atoms with Crippen LogP contribution in [0.3, 0.4) is 0 Å². The van der Waals surface area contributed by atoms with Crippen LogP contribution in [0.25, 0.3) is 0 Å². The van der Waals surface area contributed by atoms with Gasteiger partial charge in [0.15, 0.2) is 0 Å². The lowest BCUT2D eigenvalue weighted by Crippen LogP contribution is -2.43. The summed E-state index contributed by atoms with van der Waals surface area (Å²) in [4.78, 5) is 12.7. The second-order valence-corrected chi connectivity index (χ2v) is 6.51. The lowest BCUT2D eigenvalue weighted by molar-refractivity contribution is -0.384. The molecule has 110 valence electrons. The molecule has 1 aliphatic carbocycles. The average molecular weight is 389 g/mol. The van der Waals surface area contributed by atoms with E-state index in [0.717, 1.165) is 15.7 Å². The standard InChI is InChI=1S/C14H20IN3O2/c1-17(13-5-3-2-4-10(13)9-16)14-7-6-11(18(19)20)8-12(14)15/h6-8,10,13H,2-5,9,16H2,1H3. The van der Waals surface area contributed by atoms with Gasteiger partial charge in [0.05, 0.1) is 10.6 Å². The normalized spacial score (nSPS) is 22.6. The van der Waals surface area contributed by atoms with Crippen LogP contribution in [0, 0.1) is 19.6 Å². The van der Waals surface area contributed by atoms with Crippen molar-refractivity contribution in [1.29, 1.82) is 0 Å². The Morgan fingerprint density at radius 3 is 2.75 bits per heavy atom. The number of nitrogens with zero attached hydrogens (tertiary/aromatic N) is 2. The summed E-state index contributed by atoms with van der Waals surface area (Å²) in [5.74, 6) is 0.514. The summed E-state index contributed by atoms with van der Waals surface area (Å²) in [6.45, 7) is 0.707. The van der Waals surface area contributed by atoms with Gasteiger partial charge in [-0.15, -0.1) is 0 Å². The Balaban J connectivity index is 2.23. The first kappa shape index (κ1) is 15.5. The third kappa shape index (κ3) is 3.22. The van der Waals surface area contributed by atoms with Gasteiger partial charge in [0.2, 0.25) is 0 Å². The third-order valence-corrected chi connectivity index (χ3v) is 5.06. The predicted octanol–water partition coefficient (Wildman–Crippen LogP) is 3.15. The van der Waals surface area contributed by atoms with Gasteiger partial charge < -0.3 is 10.6 Å². The largest absolute Gasteiger partial charge is 0.370 e. The Hall–Kier alpha value is -0.890. The zero-order chi connectivity index (χ0) is 14.7. The molecule has 0 heterocycles. The summed E-state index contributed by atoms with van der Waals surface area (Å²) in [7, 11) is 2.07. The van der Waals surface area contributed by atoms with Crippen LogP contribution in [-0.2, 0) is 0 Å². The van der Waals surface area contributed by atoms with E-state index in [1.54, 1.807) is 12.1 Å². The molecule has 0 spiro atoms. The van der Waals surface area contributed by atoms with Crippen molar-refractivity contribution < 1.29 is 4.92 Å². The van der Waals surface area contributed by atoms with Crippen molar-refractivity contribution in [2.24, 2.45) is 11.7 Å². The van der Waals surface area contributed by atoms with Crippen molar-refractivity contribution in [3.05, 3.63) is 31.9 Å². The van der Waals surface area contributed by atoms with Crippen LogP contribution in [0.5, 0.6) is 0 Å². The molecule has 0 radical (unpaired) electrons. The number of nitro benzene ring substituents is 1. The molecule has 1 saturated carbocycles. The molecule has 1 aliphatic rings. The van der Waals surface area contributed by atoms with Crippen LogP contribution >= 0.6 is 22.6 Å². The van der Waals surface area contributed by atoms with Crippen LogP contribution in [0.1, 0.15) is 25.7 Å². The van der Waals surface area contributed by atoms with Gasteiger partial charge in [0.1, 0.15) is 0 Å². The van der Waals surface area contributed by atoms with Crippen molar-refractivity contribution >= 4 is 34.0 Å². The highest BCUT2D eigenvalue weighted by Gasteiger charge is 2.28. The maximum absolute atomic E-state index is 10.8. The first-order valence-electron chi connectivity index (χ1n) is 6.91. The Labute approximate surface area is 132 Å². The Kier molecular flexibility index (Phi) is 5.20. The smallest absolute Gasteiger partial charge is 0.270 e. The quantitative estimate of drug-likeness (QED) is 0.488. The zero-order valence-electron chi connectivity index (χ0n) is 11.6. The first-order chi connectivity index (χ1) is 9.54. The SMILES string of the molecule is CN(c1ccc([N+](=O)[O-])cc1I)C1CCCCC1CN. The molecule has 0 amide bonds. The van der Waals surface area contributed by atoms with Crippen molar-refractivity contribution in [3.8, 4) is 0 Å². The zero-order valence-corrected chi connectivity index (χ0v) is 13.7. The minimum atomic E-state index is -0.352. The van der Waals surface area contributed by atoms with E-state index < -0.39 is 0 Å². The highest BCUT2D eigenvalue weighted by Crippen LogP contribution is 2.33. The minimum Gasteiger partial charge on any atom is -0.370 e. The van der Waals surface area contributed by atoms with Crippen LogP contribution in [0.2, 0.25) is 0 Å². The van der Waals surface area contributed by atoms with Crippen molar-refractivity contribution in [1.82, 2.24) is 0 Å². The van der Waals surface area contributed by atoms with Gasteiger partial charge in [-0.25, -0.2) is 0 Å². The molecule has 2 unspecified atom stereocenters. The number of nitro groups is 1. The maximum Gasteiger partial charge on any atom is 0.270 e. The van der Waals surface area contributed by atoms with Crippen LogP contribution in [0.4, 0.5) is 11.4 Å². The molecule has 0 bridgehead atoms. The van der Waals surface area contributed by atoms with Crippen LogP contribution in [-0.4, -0.2) is 24.6 Å². The molecule has 0 aromatic heterocycles. The van der Waals surface area contributed by atoms with Crippen molar-refractivity contribution in [3.63, 3.8) is 0 Å². The molecule has 2 rings (SSSR count). The molecule has 1 fully saturated rings. The summed E-state index contributed by atoms with van der Waals surface area (Å²) in [5, 5.41) is 10.8. The number of hydrogen-bond donors (Lipinski definition) is 1. The summed E-state index contributed by atoms with van der Waals surface area (Å²) < 4.78 is 0.917. The third-order valence-electron chi connectivity index (χ3n) is 4.19. The van der Waals surface area contributed by atoms with Gasteiger partial charge in [0, 0.05) is 28.8 Å². The number of nitrogens with two attached hydrogens (primary N) is 1. The molecule has 6 heteroatoms. The van der Waals surface area contributed by atoms with E-state index in [1.165, 1.54) is 19.3 Å². The fraction of sp³-hybridized carbons (Fsp3) is 0.571. The van der Waals surface area contributed by atoms with Gasteiger partial charge in [-0.3, -0.25) is 10.1 Å². The van der Waals surface area contributed by atoms with Gasteiger partial charge in [-0.05, 0) is 54.0 Å². The van der Waals surface area contributed by atoms with E-state index in [0.29, 0.717) is 18.5 Å². The summed E-state index contributed by atoms with van der Waals surface area (Å²) >= 11 is 2.17. The molecule has 2 atom stereocenters. The molecular formula is C14H20IN3O2. The average Bonchev–Trinajstić information content (AvgIpc) is 2.46. The topological polar surface area (TPSA) is 72.4 Å². The molecule has 1 aromatic rings. The molecule has 1 aromatic carbocycles. The number of halogens is 1. The first-order valence-corrected chi connectivity index (χ1v) is 7.99. The summed E-state index contributed by atoms with van der Waals surface area (Å²) in [6.07, 6.45) is 4.80. The number of non-ortho nitro benzene ring substituents is 1. The molecular weight excluding hydrogens is 369 g/mol. The lowest BCUT2D eigenvalue weighted by atomic mass is 9.83. The fourth-order valence-corrected chi connectivity index (χ4v) is 3.93.